The number of benzene rings is 1. The fourth-order valence-corrected chi connectivity index (χ4v) is 5.25. The fraction of sp³-hybridized carbons (Fsp3) is 0.318. The van der Waals surface area contributed by atoms with E-state index in [1.165, 1.54) is 17.8 Å². The second-order valence-corrected chi connectivity index (χ2v) is 9.93. The van der Waals surface area contributed by atoms with Crippen molar-refractivity contribution in [3.05, 3.63) is 55.9 Å². The Balaban J connectivity index is 1.28. The Morgan fingerprint density at radius 3 is 3.00 bits per heavy atom. The molecule has 6 rings (SSSR count). The van der Waals surface area contributed by atoms with Gasteiger partial charge in [-0.25, -0.2) is 15.0 Å². The molecule has 0 radical (unpaired) electrons. The second-order valence-electron chi connectivity index (χ2n) is 7.80. The van der Waals surface area contributed by atoms with Crippen molar-refractivity contribution in [1.29, 1.82) is 0 Å². The quantitative estimate of drug-likeness (QED) is 0.331. The number of pyridine rings is 1. The number of halogens is 1. The molecule has 0 amide bonds. The molecule has 9 heteroatoms. The number of hydrogen-bond donors (Lipinski definition) is 0. The number of aromatic nitrogens is 4. The van der Waals surface area contributed by atoms with Crippen molar-refractivity contribution in [2.75, 3.05) is 13.7 Å². The Morgan fingerprint density at radius 1 is 1.26 bits per heavy atom. The monoisotopic (exact) mass is 546 g/mol. The number of rotatable bonds is 5. The first-order valence-electron chi connectivity index (χ1n) is 10.1. The van der Waals surface area contributed by atoms with Crippen molar-refractivity contribution in [3.63, 3.8) is 0 Å². The Bertz CT molecular complexity index is 1270. The van der Waals surface area contributed by atoms with E-state index in [1.54, 1.807) is 18.4 Å². The van der Waals surface area contributed by atoms with Crippen molar-refractivity contribution in [2.24, 2.45) is 0 Å². The lowest BCUT2D eigenvalue weighted by atomic mass is 10.1. The zero-order valence-corrected chi connectivity index (χ0v) is 19.7. The Kier molecular flexibility index (Phi) is 4.75. The van der Waals surface area contributed by atoms with Crippen molar-refractivity contribution in [1.82, 2.24) is 19.5 Å². The summed E-state index contributed by atoms with van der Waals surface area (Å²) < 4.78 is 21.1. The third kappa shape index (κ3) is 3.63. The zero-order valence-electron chi connectivity index (χ0n) is 16.7. The van der Waals surface area contributed by atoms with Gasteiger partial charge in [0.1, 0.15) is 12.1 Å². The number of methoxy groups -OCH3 is 1. The van der Waals surface area contributed by atoms with Crippen LogP contribution >= 0.6 is 33.9 Å². The lowest BCUT2D eigenvalue weighted by molar-refractivity contribution is 0.0844. The molecule has 7 nitrogen and oxygen atoms in total. The average Bonchev–Trinajstić information content (AvgIpc) is 3.39. The summed E-state index contributed by atoms with van der Waals surface area (Å²) in [7, 11) is 1.65. The van der Waals surface area contributed by atoms with Crippen LogP contribution in [-0.4, -0.2) is 33.2 Å². The van der Waals surface area contributed by atoms with Crippen molar-refractivity contribution >= 4 is 45.1 Å². The highest BCUT2D eigenvalue weighted by molar-refractivity contribution is 14.1. The molecule has 2 aliphatic rings. The summed E-state index contributed by atoms with van der Waals surface area (Å²) in [5, 5.41) is 3.30. The van der Waals surface area contributed by atoms with E-state index < -0.39 is 0 Å². The minimum Gasteiger partial charge on any atom is -0.493 e. The molecule has 4 heterocycles. The first kappa shape index (κ1) is 19.3. The standard InChI is InChI=1S/C22H19IN4O3S/c1-28-17-4-12(8-27-11-25-15-6-14(23)7-24-21(15)27)5-18-20(17)30-19(9-29-18)16-10-31-22(26-16)13-2-3-13/h4-7,10-11,13,19H,2-3,8-9H2,1H3. The van der Waals surface area contributed by atoms with Gasteiger partial charge >= 0.3 is 0 Å². The van der Waals surface area contributed by atoms with Gasteiger partial charge in [0.15, 0.2) is 23.3 Å². The normalized spacial score (nSPS) is 17.8. The molecule has 1 unspecified atom stereocenters. The SMILES string of the molecule is COc1cc(Cn2cnc3cc(I)cnc32)cc2c1OC(c1csc(C3CC3)n1)CO2. The molecule has 0 saturated heterocycles. The van der Waals surface area contributed by atoms with Gasteiger partial charge in [-0.1, -0.05) is 0 Å². The van der Waals surface area contributed by atoms with Gasteiger partial charge in [-0.2, -0.15) is 0 Å². The van der Waals surface area contributed by atoms with E-state index in [9.17, 15) is 0 Å². The van der Waals surface area contributed by atoms with Crippen LogP contribution in [0.3, 0.4) is 0 Å². The van der Waals surface area contributed by atoms with Gasteiger partial charge in [0, 0.05) is 21.1 Å². The van der Waals surface area contributed by atoms with Crippen LogP contribution in [0.5, 0.6) is 17.2 Å². The number of imidazole rings is 1. The topological polar surface area (TPSA) is 71.3 Å². The molecule has 4 aromatic rings. The molecule has 3 aromatic heterocycles. The van der Waals surface area contributed by atoms with E-state index in [4.69, 9.17) is 19.2 Å². The van der Waals surface area contributed by atoms with Crippen LogP contribution in [0.2, 0.25) is 0 Å². The van der Waals surface area contributed by atoms with Crippen molar-refractivity contribution in [3.8, 4) is 17.2 Å². The van der Waals surface area contributed by atoms with Crippen LogP contribution in [0.15, 0.2) is 36.1 Å². The summed E-state index contributed by atoms with van der Waals surface area (Å²) in [5.41, 5.74) is 3.70. The largest absolute Gasteiger partial charge is 0.493 e. The first-order valence-corrected chi connectivity index (χ1v) is 12.1. The third-order valence-electron chi connectivity index (χ3n) is 5.52. The molecule has 1 aromatic carbocycles. The van der Waals surface area contributed by atoms with E-state index in [-0.39, 0.29) is 6.10 Å². The van der Waals surface area contributed by atoms with E-state index >= 15 is 0 Å². The fourth-order valence-electron chi connectivity index (χ4n) is 3.79. The molecule has 1 atom stereocenters. The predicted molar refractivity (Wildman–Crippen MR) is 125 cm³/mol. The zero-order chi connectivity index (χ0) is 20.9. The highest BCUT2D eigenvalue weighted by atomic mass is 127. The summed E-state index contributed by atoms with van der Waals surface area (Å²) in [4.78, 5) is 13.8. The van der Waals surface area contributed by atoms with Crippen LogP contribution in [0, 0.1) is 3.57 Å². The Hall–Kier alpha value is -2.40. The molecule has 1 saturated carbocycles. The van der Waals surface area contributed by atoms with Gasteiger partial charge in [-0.05, 0) is 59.2 Å². The lowest BCUT2D eigenvalue weighted by Crippen LogP contribution is -2.22. The number of fused-ring (bicyclic) bond motifs is 2. The van der Waals surface area contributed by atoms with Crippen LogP contribution in [0.1, 0.15) is 41.1 Å². The molecule has 31 heavy (non-hydrogen) atoms. The third-order valence-corrected chi connectivity index (χ3v) is 7.14. The van der Waals surface area contributed by atoms with Crippen LogP contribution in [0.4, 0.5) is 0 Å². The van der Waals surface area contributed by atoms with Gasteiger partial charge in [0.25, 0.3) is 0 Å². The predicted octanol–water partition coefficient (Wildman–Crippen LogP) is 4.94. The van der Waals surface area contributed by atoms with E-state index in [1.807, 2.05) is 35.3 Å². The second kappa shape index (κ2) is 7.63. The van der Waals surface area contributed by atoms with Gasteiger partial charge in [0.2, 0.25) is 5.75 Å². The van der Waals surface area contributed by atoms with E-state index in [2.05, 4.69) is 37.9 Å². The summed E-state index contributed by atoms with van der Waals surface area (Å²) in [6.45, 7) is 1.04. The smallest absolute Gasteiger partial charge is 0.204 e. The molecule has 1 aliphatic carbocycles. The van der Waals surface area contributed by atoms with Crippen LogP contribution < -0.4 is 14.2 Å². The van der Waals surface area contributed by atoms with E-state index in [0.717, 1.165) is 26.0 Å². The molecule has 0 spiro atoms. The average molecular weight is 546 g/mol. The maximum Gasteiger partial charge on any atom is 0.204 e. The number of nitrogens with zero attached hydrogens (tertiary/aromatic N) is 4. The summed E-state index contributed by atoms with van der Waals surface area (Å²) in [5.74, 6) is 2.62. The van der Waals surface area contributed by atoms with Crippen molar-refractivity contribution in [2.45, 2.75) is 31.4 Å². The summed E-state index contributed by atoms with van der Waals surface area (Å²) in [6.07, 6.45) is 5.93. The Labute approximate surface area is 196 Å². The highest BCUT2D eigenvalue weighted by Crippen LogP contribution is 2.46. The highest BCUT2D eigenvalue weighted by Gasteiger charge is 2.31. The molecule has 1 aliphatic heterocycles. The molecular formula is C22H19IN4O3S. The first-order chi connectivity index (χ1) is 15.2. The molecule has 1 fully saturated rings. The minimum atomic E-state index is -0.222. The van der Waals surface area contributed by atoms with Crippen LogP contribution in [-0.2, 0) is 6.54 Å². The molecular weight excluding hydrogens is 527 g/mol. The van der Waals surface area contributed by atoms with Gasteiger partial charge in [0.05, 0.1) is 30.7 Å². The van der Waals surface area contributed by atoms with Gasteiger partial charge in [-0.15, -0.1) is 11.3 Å². The van der Waals surface area contributed by atoms with E-state index in [0.29, 0.717) is 36.3 Å². The maximum absolute atomic E-state index is 6.29. The van der Waals surface area contributed by atoms with Crippen LogP contribution in [0.25, 0.3) is 11.2 Å². The van der Waals surface area contributed by atoms with Gasteiger partial charge < -0.3 is 18.8 Å². The summed E-state index contributed by atoms with van der Waals surface area (Å²) in [6, 6.07) is 6.01. The van der Waals surface area contributed by atoms with Crippen molar-refractivity contribution < 1.29 is 14.2 Å². The number of hydrogen-bond acceptors (Lipinski definition) is 7. The molecule has 0 bridgehead atoms. The Morgan fingerprint density at radius 2 is 2.16 bits per heavy atom. The molecule has 158 valence electrons. The number of ether oxygens (including phenoxy) is 3. The van der Waals surface area contributed by atoms with Gasteiger partial charge in [-0.3, -0.25) is 0 Å². The molecule has 0 N–H and O–H groups in total. The lowest BCUT2D eigenvalue weighted by Gasteiger charge is -2.27. The minimum absolute atomic E-state index is 0.222. The summed E-state index contributed by atoms with van der Waals surface area (Å²) >= 11 is 3.96. The maximum atomic E-state index is 6.29. The number of thiazole rings is 1.